The predicted molar refractivity (Wildman–Crippen MR) is 195 cm³/mol. The summed E-state index contributed by atoms with van der Waals surface area (Å²) in [5, 5.41) is 2.62. The van der Waals surface area contributed by atoms with Gasteiger partial charge in [-0.15, -0.1) is 0 Å². The summed E-state index contributed by atoms with van der Waals surface area (Å²) < 4.78 is 15.5. The molecule has 2 aliphatic heterocycles. The molecule has 0 unspecified atom stereocenters. The van der Waals surface area contributed by atoms with Crippen LogP contribution in [0.15, 0.2) is 48.7 Å². The zero-order chi connectivity index (χ0) is 36.9. The van der Waals surface area contributed by atoms with Gasteiger partial charge in [-0.05, 0) is 75.4 Å². The van der Waals surface area contributed by atoms with E-state index in [0.717, 1.165) is 64.9 Å². The lowest BCUT2D eigenvalue weighted by Crippen LogP contribution is -2.54. The van der Waals surface area contributed by atoms with E-state index in [4.69, 9.17) is 19.2 Å². The van der Waals surface area contributed by atoms with Gasteiger partial charge in [-0.2, -0.15) is 0 Å². The van der Waals surface area contributed by atoms with Crippen LogP contribution in [-0.4, -0.2) is 100 Å². The predicted octanol–water partition coefficient (Wildman–Crippen LogP) is 5.11. The number of methoxy groups -OCH3 is 3. The molecule has 0 saturated carbocycles. The van der Waals surface area contributed by atoms with E-state index in [2.05, 4.69) is 32.1 Å². The summed E-state index contributed by atoms with van der Waals surface area (Å²) in [6.07, 6.45) is 3.74. The second-order valence-electron chi connectivity index (χ2n) is 13.5. The lowest BCUT2D eigenvalue weighted by atomic mass is 10.0. The van der Waals surface area contributed by atoms with Crippen LogP contribution in [0.1, 0.15) is 81.3 Å². The number of fused-ring (bicyclic) bond motifs is 1. The van der Waals surface area contributed by atoms with Crippen molar-refractivity contribution >= 4 is 28.9 Å². The highest BCUT2D eigenvalue weighted by Crippen LogP contribution is 2.34. The molecule has 274 valence electrons. The Bertz CT molecular complexity index is 1960. The third-order valence-corrected chi connectivity index (χ3v) is 10.4. The third-order valence-electron chi connectivity index (χ3n) is 10.4. The number of hydrogen-bond donors (Lipinski definition) is 3. The molecule has 0 aliphatic carbocycles. The van der Waals surface area contributed by atoms with Crippen LogP contribution < -0.4 is 5.32 Å². The molecule has 2 saturated heterocycles. The molecule has 0 bridgehead atoms. The highest BCUT2D eigenvalue weighted by atomic mass is 16.5. The molecule has 2 aromatic heterocycles. The number of likely N-dealkylation sites (tertiary alicyclic amines) is 2. The largest absolute Gasteiger partial charge is 0.453 e. The Balaban J connectivity index is 1.12. The second-order valence-corrected chi connectivity index (χ2v) is 13.5. The van der Waals surface area contributed by atoms with Crippen molar-refractivity contribution in [3.05, 3.63) is 71.4 Å². The Labute approximate surface area is 303 Å². The van der Waals surface area contributed by atoms with E-state index in [9.17, 15) is 14.4 Å². The summed E-state index contributed by atoms with van der Waals surface area (Å²) in [6.45, 7) is 6.84. The van der Waals surface area contributed by atoms with Crippen molar-refractivity contribution in [3.63, 3.8) is 0 Å². The first-order valence-electron chi connectivity index (χ1n) is 17.8. The topological polar surface area (TPSA) is 155 Å². The van der Waals surface area contributed by atoms with Crippen LogP contribution in [0.25, 0.3) is 22.3 Å². The number of aromatic nitrogens is 4. The Hall–Kier alpha value is -5.19. The molecular formula is C39H47N7O6. The van der Waals surface area contributed by atoms with Crippen LogP contribution in [0.4, 0.5) is 4.79 Å². The molecule has 0 spiro atoms. The zero-order valence-corrected chi connectivity index (χ0v) is 30.6. The van der Waals surface area contributed by atoms with Gasteiger partial charge in [0.15, 0.2) is 0 Å². The normalized spacial score (nSPS) is 19.5. The summed E-state index contributed by atoms with van der Waals surface area (Å²) in [6, 6.07) is 12.6. The van der Waals surface area contributed by atoms with Gasteiger partial charge in [-0.1, -0.05) is 30.9 Å². The number of imidazole rings is 2. The number of carbonyl (C=O) groups excluding carboxylic acids is 3. The molecule has 6 rings (SSSR count). The molecule has 13 nitrogen and oxygen atoms in total. The molecule has 2 aliphatic rings. The van der Waals surface area contributed by atoms with E-state index in [-0.39, 0.29) is 35.9 Å². The maximum Gasteiger partial charge on any atom is 0.407 e. The molecule has 4 aromatic rings. The van der Waals surface area contributed by atoms with Crippen LogP contribution in [0.2, 0.25) is 0 Å². The SMILES string of the molecule is COC(=O)N[C@H](C(=O)N1CCC[C@H]1c1ncc(-c2ccc(C#Cc3ccc4nc([C@@H]5CCCN5C(=O)[C@@H](C)[C@@H](C)OC)[nH]c4c3)cc2)[nH]1)[C@@H](C)OC. The van der Waals surface area contributed by atoms with E-state index >= 15 is 0 Å². The smallest absolute Gasteiger partial charge is 0.407 e. The van der Waals surface area contributed by atoms with Gasteiger partial charge in [-0.25, -0.2) is 14.8 Å². The minimum Gasteiger partial charge on any atom is -0.453 e. The third kappa shape index (κ3) is 7.68. The van der Waals surface area contributed by atoms with E-state index in [1.165, 1.54) is 14.2 Å². The summed E-state index contributed by atoms with van der Waals surface area (Å²) in [5.41, 5.74) is 5.21. The summed E-state index contributed by atoms with van der Waals surface area (Å²) in [4.78, 5) is 58.8. The number of amides is 3. The van der Waals surface area contributed by atoms with Gasteiger partial charge in [0.25, 0.3) is 0 Å². The van der Waals surface area contributed by atoms with Crippen molar-refractivity contribution in [2.24, 2.45) is 5.92 Å². The maximum absolute atomic E-state index is 13.6. The quantitative estimate of drug-likeness (QED) is 0.192. The molecule has 2 aromatic carbocycles. The fourth-order valence-corrected chi connectivity index (χ4v) is 6.97. The van der Waals surface area contributed by atoms with Crippen molar-refractivity contribution in [2.45, 2.75) is 76.8 Å². The number of nitrogens with one attached hydrogen (secondary N) is 3. The monoisotopic (exact) mass is 709 g/mol. The lowest BCUT2D eigenvalue weighted by Gasteiger charge is -2.30. The Morgan fingerprint density at radius 1 is 0.827 bits per heavy atom. The lowest BCUT2D eigenvalue weighted by molar-refractivity contribution is -0.140. The number of aromatic amines is 2. The number of hydrogen-bond acceptors (Lipinski definition) is 8. The number of ether oxygens (including phenoxy) is 3. The van der Waals surface area contributed by atoms with Gasteiger partial charge >= 0.3 is 6.09 Å². The number of alkyl carbamates (subject to hydrolysis) is 1. The van der Waals surface area contributed by atoms with E-state index < -0.39 is 18.2 Å². The zero-order valence-electron chi connectivity index (χ0n) is 30.6. The standard InChI is InChI=1S/C39H47N7O6/c1-23(24(2)50-4)37(47)45-19-8-10-33(45)36-41-29-18-15-27(21-30(29)42-36)12-11-26-13-16-28(17-14-26)31-22-40-35(43-31)32-9-7-20-46(32)38(48)34(25(3)51-5)44-39(49)52-6/h13-18,21-25,32-34H,7-10,19-20H2,1-6H3,(H,40,43)(H,41,42)(H,44,49)/t23-,24+,25+,32-,33-,34-/m0/s1. The minimum atomic E-state index is -0.890. The van der Waals surface area contributed by atoms with Crippen molar-refractivity contribution in [1.29, 1.82) is 0 Å². The highest BCUT2D eigenvalue weighted by Gasteiger charge is 2.39. The number of H-pyrrole nitrogens is 2. The summed E-state index contributed by atoms with van der Waals surface area (Å²) >= 11 is 0. The van der Waals surface area contributed by atoms with Crippen molar-refractivity contribution in [1.82, 2.24) is 35.1 Å². The van der Waals surface area contributed by atoms with Gasteiger partial charge in [0.2, 0.25) is 11.8 Å². The van der Waals surface area contributed by atoms with E-state index in [0.29, 0.717) is 18.9 Å². The highest BCUT2D eigenvalue weighted by molar-refractivity contribution is 5.87. The Morgan fingerprint density at radius 3 is 2.13 bits per heavy atom. The van der Waals surface area contributed by atoms with Gasteiger partial charge in [0.05, 0.1) is 60.2 Å². The molecule has 2 fully saturated rings. The molecule has 3 amide bonds. The Kier molecular flexibility index (Phi) is 11.3. The number of nitrogens with zero attached hydrogens (tertiary/aromatic N) is 4. The van der Waals surface area contributed by atoms with Crippen LogP contribution >= 0.6 is 0 Å². The summed E-state index contributed by atoms with van der Waals surface area (Å²) in [5.74, 6) is 7.63. The number of benzene rings is 2. The average molecular weight is 710 g/mol. The first kappa shape index (κ1) is 36.6. The van der Waals surface area contributed by atoms with Crippen LogP contribution in [-0.2, 0) is 23.8 Å². The van der Waals surface area contributed by atoms with Gasteiger partial charge in [0.1, 0.15) is 17.7 Å². The Morgan fingerprint density at radius 2 is 1.46 bits per heavy atom. The molecule has 52 heavy (non-hydrogen) atoms. The number of carbonyl (C=O) groups is 3. The molecule has 3 N–H and O–H groups in total. The van der Waals surface area contributed by atoms with Crippen molar-refractivity contribution in [3.8, 4) is 23.1 Å². The fourth-order valence-electron chi connectivity index (χ4n) is 6.97. The van der Waals surface area contributed by atoms with Gasteiger partial charge in [0, 0.05) is 38.4 Å². The molecule has 13 heteroatoms. The van der Waals surface area contributed by atoms with Crippen molar-refractivity contribution in [2.75, 3.05) is 34.4 Å². The minimum absolute atomic E-state index is 0.0857. The molecular weight excluding hydrogens is 662 g/mol. The van der Waals surface area contributed by atoms with E-state index in [1.54, 1.807) is 25.1 Å². The van der Waals surface area contributed by atoms with Crippen LogP contribution in [0, 0.1) is 17.8 Å². The molecule has 4 heterocycles. The van der Waals surface area contributed by atoms with E-state index in [1.807, 2.05) is 61.2 Å². The van der Waals surface area contributed by atoms with Gasteiger partial charge < -0.3 is 39.3 Å². The van der Waals surface area contributed by atoms with Gasteiger partial charge in [-0.3, -0.25) is 9.59 Å². The first-order chi connectivity index (χ1) is 25.1. The summed E-state index contributed by atoms with van der Waals surface area (Å²) in [7, 11) is 4.39. The average Bonchev–Trinajstić information content (AvgIpc) is 4.00. The molecule has 0 radical (unpaired) electrons. The first-order valence-corrected chi connectivity index (χ1v) is 17.8. The maximum atomic E-state index is 13.6. The van der Waals surface area contributed by atoms with Crippen molar-refractivity contribution < 1.29 is 28.6 Å². The fraction of sp³-hybridized carbons (Fsp3) is 0.462. The van der Waals surface area contributed by atoms with Crippen LogP contribution in [0.5, 0.6) is 0 Å². The molecule has 6 atom stereocenters. The van der Waals surface area contributed by atoms with Crippen LogP contribution in [0.3, 0.4) is 0 Å². The second kappa shape index (κ2) is 16.0. The number of rotatable bonds is 10.